The average molecular weight is 297 g/mol. The maximum atomic E-state index is 11.6. The molecule has 0 saturated heterocycles. The molecule has 0 aromatic carbocycles. The van der Waals surface area contributed by atoms with Gasteiger partial charge in [-0.25, -0.2) is 0 Å². The van der Waals surface area contributed by atoms with E-state index in [4.69, 9.17) is 23.2 Å². The SMILES string of the molecule is CN(CCN(C)C(=O)CCCCl)C(=O)CCCCl. The van der Waals surface area contributed by atoms with E-state index in [0.29, 0.717) is 50.5 Å². The van der Waals surface area contributed by atoms with Gasteiger partial charge in [-0.05, 0) is 12.8 Å². The second kappa shape index (κ2) is 10.4. The Labute approximate surface area is 119 Å². The van der Waals surface area contributed by atoms with Crippen LogP contribution in [0.4, 0.5) is 0 Å². The predicted molar refractivity (Wildman–Crippen MR) is 75.2 cm³/mol. The van der Waals surface area contributed by atoms with Gasteiger partial charge in [0.25, 0.3) is 0 Å². The molecule has 6 heteroatoms. The van der Waals surface area contributed by atoms with E-state index in [1.807, 2.05) is 0 Å². The maximum Gasteiger partial charge on any atom is 0.222 e. The highest BCUT2D eigenvalue weighted by molar-refractivity contribution is 6.18. The molecule has 0 aromatic rings. The quantitative estimate of drug-likeness (QED) is 0.610. The lowest BCUT2D eigenvalue weighted by Gasteiger charge is -2.22. The van der Waals surface area contributed by atoms with Gasteiger partial charge in [0, 0.05) is 51.8 Å². The van der Waals surface area contributed by atoms with E-state index in [9.17, 15) is 9.59 Å². The van der Waals surface area contributed by atoms with Crippen molar-refractivity contribution in [2.45, 2.75) is 25.7 Å². The van der Waals surface area contributed by atoms with Gasteiger partial charge in [-0.3, -0.25) is 9.59 Å². The summed E-state index contributed by atoms with van der Waals surface area (Å²) >= 11 is 11.1. The molecule has 0 radical (unpaired) electrons. The van der Waals surface area contributed by atoms with Crippen LogP contribution in [0, 0.1) is 0 Å². The van der Waals surface area contributed by atoms with Gasteiger partial charge < -0.3 is 9.80 Å². The third kappa shape index (κ3) is 7.77. The highest BCUT2D eigenvalue weighted by Gasteiger charge is 2.12. The molecule has 2 amide bonds. The van der Waals surface area contributed by atoms with Gasteiger partial charge in [-0.2, -0.15) is 0 Å². The van der Waals surface area contributed by atoms with E-state index in [2.05, 4.69) is 0 Å². The predicted octanol–water partition coefficient (Wildman–Crippen LogP) is 1.94. The number of hydrogen-bond donors (Lipinski definition) is 0. The highest BCUT2D eigenvalue weighted by Crippen LogP contribution is 2.00. The fraction of sp³-hybridized carbons (Fsp3) is 0.833. The van der Waals surface area contributed by atoms with Crippen molar-refractivity contribution in [2.75, 3.05) is 38.9 Å². The van der Waals surface area contributed by atoms with Gasteiger partial charge in [0.2, 0.25) is 11.8 Å². The van der Waals surface area contributed by atoms with Crippen LogP contribution >= 0.6 is 23.2 Å². The molecule has 0 aromatic heterocycles. The topological polar surface area (TPSA) is 40.6 Å². The molecular weight excluding hydrogens is 275 g/mol. The molecule has 0 aliphatic rings. The largest absolute Gasteiger partial charge is 0.344 e. The third-order valence-electron chi connectivity index (χ3n) is 2.67. The standard InChI is InChI=1S/C12H22Cl2N2O2/c1-15(11(17)5-3-7-13)9-10-16(2)12(18)6-4-8-14/h3-10H2,1-2H3. The van der Waals surface area contributed by atoms with Crippen molar-refractivity contribution < 1.29 is 9.59 Å². The molecule has 0 saturated carbocycles. The van der Waals surface area contributed by atoms with Crippen molar-refractivity contribution in [2.24, 2.45) is 0 Å². The number of nitrogens with zero attached hydrogens (tertiary/aromatic N) is 2. The first-order chi connectivity index (χ1) is 8.52. The van der Waals surface area contributed by atoms with Gasteiger partial charge in [-0.1, -0.05) is 0 Å². The Morgan fingerprint density at radius 1 is 0.833 bits per heavy atom. The molecule has 0 spiro atoms. The number of halogens is 2. The van der Waals surface area contributed by atoms with Crippen LogP contribution in [0.1, 0.15) is 25.7 Å². The van der Waals surface area contributed by atoms with E-state index in [0.717, 1.165) is 0 Å². The second-order valence-electron chi connectivity index (χ2n) is 4.22. The van der Waals surface area contributed by atoms with Crippen molar-refractivity contribution in [3.63, 3.8) is 0 Å². The lowest BCUT2D eigenvalue weighted by atomic mass is 10.3. The molecule has 0 rings (SSSR count). The number of rotatable bonds is 9. The minimum Gasteiger partial charge on any atom is -0.344 e. The first-order valence-electron chi connectivity index (χ1n) is 6.12. The summed E-state index contributed by atoms with van der Waals surface area (Å²) in [5, 5.41) is 0. The number of likely N-dealkylation sites (N-methyl/N-ethyl adjacent to an activating group) is 2. The molecule has 0 heterocycles. The molecule has 0 atom stereocenters. The van der Waals surface area contributed by atoms with Crippen molar-refractivity contribution >= 4 is 35.0 Å². The second-order valence-corrected chi connectivity index (χ2v) is 4.97. The molecular formula is C12H22Cl2N2O2. The number of carbonyl (C=O) groups is 2. The average Bonchev–Trinajstić information content (AvgIpc) is 2.38. The molecule has 106 valence electrons. The zero-order valence-corrected chi connectivity index (χ0v) is 12.6. The molecule has 0 aliphatic carbocycles. The van der Waals surface area contributed by atoms with Crippen LogP contribution in [0.15, 0.2) is 0 Å². The molecule has 0 unspecified atom stereocenters. The monoisotopic (exact) mass is 296 g/mol. The zero-order chi connectivity index (χ0) is 14.0. The summed E-state index contributed by atoms with van der Waals surface area (Å²) in [5.74, 6) is 1.13. The Balaban J connectivity index is 3.85. The van der Waals surface area contributed by atoms with E-state index in [-0.39, 0.29) is 11.8 Å². The lowest BCUT2D eigenvalue weighted by Crippen LogP contribution is -2.37. The Morgan fingerprint density at radius 3 is 1.44 bits per heavy atom. The minimum absolute atomic E-state index is 0.0669. The zero-order valence-electron chi connectivity index (χ0n) is 11.1. The van der Waals surface area contributed by atoms with Gasteiger partial charge in [0.15, 0.2) is 0 Å². The summed E-state index contributed by atoms with van der Waals surface area (Å²) < 4.78 is 0. The number of carbonyl (C=O) groups excluding carboxylic acids is 2. The fourth-order valence-electron chi connectivity index (χ4n) is 1.37. The summed E-state index contributed by atoms with van der Waals surface area (Å²) in [5.41, 5.74) is 0. The summed E-state index contributed by atoms with van der Waals surface area (Å²) in [4.78, 5) is 26.5. The third-order valence-corrected chi connectivity index (χ3v) is 3.21. The van der Waals surface area contributed by atoms with Crippen LogP contribution in [0.25, 0.3) is 0 Å². The van der Waals surface area contributed by atoms with Crippen molar-refractivity contribution in [1.29, 1.82) is 0 Å². The summed E-state index contributed by atoms with van der Waals surface area (Å²) in [7, 11) is 3.49. The van der Waals surface area contributed by atoms with Gasteiger partial charge >= 0.3 is 0 Å². The van der Waals surface area contributed by atoms with Crippen molar-refractivity contribution in [3.8, 4) is 0 Å². The van der Waals surface area contributed by atoms with Gasteiger partial charge in [0.1, 0.15) is 0 Å². The Kier molecular flexibility index (Phi) is 10.2. The highest BCUT2D eigenvalue weighted by atomic mass is 35.5. The first kappa shape index (κ1) is 17.5. The van der Waals surface area contributed by atoms with Crippen LogP contribution in [0.5, 0.6) is 0 Å². The minimum atomic E-state index is 0.0669. The van der Waals surface area contributed by atoms with E-state index < -0.39 is 0 Å². The summed E-state index contributed by atoms with van der Waals surface area (Å²) in [6.07, 6.45) is 2.30. The van der Waals surface area contributed by atoms with Crippen LogP contribution in [0.3, 0.4) is 0 Å². The lowest BCUT2D eigenvalue weighted by molar-refractivity contribution is -0.133. The normalized spacial score (nSPS) is 10.2. The van der Waals surface area contributed by atoms with E-state index in [1.54, 1.807) is 23.9 Å². The molecule has 4 nitrogen and oxygen atoms in total. The summed E-state index contributed by atoms with van der Waals surface area (Å²) in [6.45, 7) is 1.09. The smallest absolute Gasteiger partial charge is 0.222 e. The number of hydrogen-bond acceptors (Lipinski definition) is 2. The Bertz CT molecular complexity index is 236. The van der Waals surface area contributed by atoms with Crippen LogP contribution in [-0.4, -0.2) is 60.6 Å². The van der Waals surface area contributed by atoms with Gasteiger partial charge in [0.05, 0.1) is 0 Å². The van der Waals surface area contributed by atoms with Gasteiger partial charge in [-0.15, -0.1) is 23.2 Å². The molecule has 0 fully saturated rings. The Morgan fingerprint density at radius 2 is 1.17 bits per heavy atom. The van der Waals surface area contributed by atoms with Crippen molar-refractivity contribution in [1.82, 2.24) is 9.80 Å². The van der Waals surface area contributed by atoms with Crippen LogP contribution in [-0.2, 0) is 9.59 Å². The van der Waals surface area contributed by atoms with Crippen LogP contribution < -0.4 is 0 Å². The van der Waals surface area contributed by atoms with Crippen molar-refractivity contribution in [3.05, 3.63) is 0 Å². The fourth-order valence-corrected chi connectivity index (χ4v) is 1.63. The number of amides is 2. The molecule has 0 bridgehead atoms. The van der Waals surface area contributed by atoms with E-state index in [1.165, 1.54) is 0 Å². The molecule has 0 N–H and O–H groups in total. The maximum absolute atomic E-state index is 11.6. The molecule has 18 heavy (non-hydrogen) atoms. The number of alkyl halides is 2. The Hall–Kier alpha value is -0.480. The molecule has 0 aliphatic heterocycles. The van der Waals surface area contributed by atoms with Crippen LogP contribution in [0.2, 0.25) is 0 Å². The van der Waals surface area contributed by atoms with E-state index >= 15 is 0 Å². The first-order valence-corrected chi connectivity index (χ1v) is 7.19. The summed E-state index contributed by atoms with van der Waals surface area (Å²) in [6, 6.07) is 0.